The molecule has 0 spiro atoms. The first kappa shape index (κ1) is 8.88. The molecule has 3 nitrogen and oxygen atoms in total. The zero-order valence-electron chi connectivity index (χ0n) is 5.78. The van der Waals surface area contributed by atoms with E-state index in [1.54, 1.807) is 0 Å². The second-order valence-corrected chi connectivity index (χ2v) is 2.61. The van der Waals surface area contributed by atoms with Crippen molar-refractivity contribution in [1.29, 1.82) is 0 Å². The standard InChI is InChI=1S/C6H14O3/c1-4(2)3-5(7)6(8)9/h4-9H,3H2,1-2H3. The molecule has 0 saturated carbocycles. The monoisotopic (exact) mass is 134 g/mol. The molecule has 0 amide bonds. The van der Waals surface area contributed by atoms with Gasteiger partial charge in [0.05, 0.1) is 0 Å². The van der Waals surface area contributed by atoms with Crippen LogP contribution in [0.15, 0.2) is 0 Å². The Kier molecular flexibility index (Phi) is 3.77. The number of aliphatic hydroxyl groups is 3. The number of rotatable bonds is 3. The molecule has 0 aromatic heterocycles. The predicted molar refractivity (Wildman–Crippen MR) is 33.7 cm³/mol. The molecular formula is C6H14O3. The van der Waals surface area contributed by atoms with Gasteiger partial charge in [-0.1, -0.05) is 13.8 Å². The van der Waals surface area contributed by atoms with Crippen molar-refractivity contribution in [3.63, 3.8) is 0 Å². The van der Waals surface area contributed by atoms with Gasteiger partial charge >= 0.3 is 0 Å². The van der Waals surface area contributed by atoms with Gasteiger partial charge in [-0.25, -0.2) is 0 Å². The van der Waals surface area contributed by atoms with E-state index in [1.165, 1.54) is 0 Å². The van der Waals surface area contributed by atoms with E-state index in [9.17, 15) is 0 Å². The van der Waals surface area contributed by atoms with Crippen molar-refractivity contribution in [1.82, 2.24) is 0 Å². The second kappa shape index (κ2) is 3.82. The van der Waals surface area contributed by atoms with Gasteiger partial charge in [-0.15, -0.1) is 0 Å². The summed E-state index contributed by atoms with van der Waals surface area (Å²) in [5.41, 5.74) is 0. The van der Waals surface area contributed by atoms with Crippen molar-refractivity contribution >= 4 is 0 Å². The fraction of sp³-hybridized carbons (Fsp3) is 1.00. The molecule has 0 rings (SSSR count). The van der Waals surface area contributed by atoms with E-state index in [0.29, 0.717) is 12.3 Å². The first-order valence-electron chi connectivity index (χ1n) is 3.08. The zero-order chi connectivity index (χ0) is 7.44. The predicted octanol–water partition coefficient (Wildman–Crippen LogP) is -0.296. The summed E-state index contributed by atoms with van der Waals surface area (Å²) in [6.07, 6.45) is -2.16. The largest absolute Gasteiger partial charge is 0.388 e. The molecule has 0 aromatic rings. The number of hydrogen-bond donors (Lipinski definition) is 3. The van der Waals surface area contributed by atoms with Gasteiger partial charge in [-0.2, -0.15) is 0 Å². The Balaban J connectivity index is 3.38. The maximum atomic E-state index is 8.80. The molecule has 0 radical (unpaired) electrons. The van der Waals surface area contributed by atoms with Gasteiger partial charge in [0.2, 0.25) is 0 Å². The van der Waals surface area contributed by atoms with E-state index in [4.69, 9.17) is 15.3 Å². The average molecular weight is 134 g/mol. The van der Waals surface area contributed by atoms with Crippen LogP contribution in [0.1, 0.15) is 20.3 Å². The molecule has 0 aromatic carbocycles. The summed E-state index contributed by atoms with van der Waals surface area (Å²) in [6, 6.07) is 0. The topological polar surface area (TPSA) is 60.7 Å². The fourth-order valence-corrected chi connectivity index (χ4v) is 0.605. The summed E-state index contributed by atoms with van der Waals surface area (Å²) in [5, 5.41) is 25.5. The molecule has 0 aliphatic heterocycles. The van der Waals surface area contributed by atoms with E-state index >= 15 is 0 Å². The third-order valence-corrected chi connectivity index (χ3v) is 1.06. The van der Waals surface area contributed by atoms with Crippen LogP contribution in [0.25, 0.3) is 0 Å². The maximum Gasteiger partial charge on any atom is 0.178 e. The molecular weight excluding hydrogens is 120 g/mol. The fourth-order valence-electron chi connectivity index (χ4n) is 0.605. The third-order valence-electron chi connectivity index (χ3n) is 1.06. The highest BCUT2D eigenvalue weighted by Gasteiger charge is 2.13. The van der Waals surface area contributed by atoms with E-state index < -0.39 is 12.4 Å². The van der Waals surface area contributed by atoms with Gasteiger partial charge in [0.15, 0.2) is 6.29 Å². The zero-order valence-corrected chi connectivity index (χ0v) is 5.78. The minimum atomic E-state index is -1.59. The lowest BCUT2D eigenvalue weighted by molar-refractivity contribution is -0.126. The van der Waals surface area contributed by atoms with Gasteiger partial charge < -0.3 is 15.3 Å². The van der Waals surface area contributed by atoms with Gasteiger partial charge in [0, 0.05) is 0 Å². The van der Waals surface area contributed by atoms with E-state index in [1.807, 2.05) is 13.8 Å². The lowest BCUT2D eigenvalue weighted by Gasteiger charge is -2.13. The highest BCUT2D eigenvalue weighted by Crippen LogP contribution is 2.05. The molecule has 0 saturated heterocycles. The Labute approximate surface area is 54.9 Å². The Morgan fingerprint density at radius 2 is 1.56 bits per heavy atom. The Bertz CT molecular complexity index is 70.7. The molecule has 0 bridgehead atoms. The van der Waals surface area contributed by atoms with Crippen molar-refractivity contribution in [3.8, 4) is 0 Å². The molecule has 1 unspecified atom stereocenters. The van der Waals surface area contributed by atoms with Crippen LogP contribution in [0.4, 0.5) is 0 Å². The van der Waals surface area contributed by atoms with Crippen LogP contribution in [0.3, 0.4) is 0 Å². The first-order valence-corrected chi connectivity index (χ1v) is 3.08. The Morgan fingerprint density at radius 1 is 1.11 bits per heavy atom. The van der Waals surface area contributed by atoms with E-state index in [-0.39, 0.29) is 0 Å². The molecule has 0 aliphatic carbocycles. The highest BCUT2D eigenvalue weighted by molar-refractivity contribution is 4.58. The quantitative estimate of drug-likeness (QED) is 0.464. The summed E-state index contributed by atoms with van der Waals surface area (Å²) in [6.45, 7) is 3.82. The Morgan fingerprint density at radius 3 is 1.67 bits per heavy atom. The number of hydrogen-bond acceptors (Lipinski definition) is 3. The minimum Gasteiger partial charge on any atom is -0.388 e. The lowest BCUT2D eigenvalue weighted by Crippen LogP contribution is -2.26. The van der Waals surface area contributed by atoms with Crippen molar-refractivity contribution < 1.29 is 15.3 Å². The summed E-state index contributed by atoms with van der Waals surface area (Å²) in [7, 11) is 0. The molecule has 0 aliphatic rings. The van der Waals surface area contributed by atoms with Crippen molar-refractivity contribution in [2.24, 2.45) is 5.92 Å². The first-order chi connectivity index (χ1) is 4.04. The normalized spacial score (nSPS) is 15.0. The van der Waals surface area contributed by atoms with Crippen molar-refractivity contribution in [3.05, 3.63) is 0 Å². The molecule has 3 heteroatoms. The average Bonchev–Trinajstić information content (AvgIpc) is 1.63. The third kappa shape index (κ3) is 4.39. The van der Waals surface area contributed by atoms with Crippen molar-refractivity contribution in [2.75, 3.05) is 0 Å². The summed E-state index contributed by atoms with van der Waals surface area (Å²) < 4.78 is 0. The minimum absolute atomic E-state index is 0.293. The van der Waals surface area contributed by atoms with Crippen LogP contribution in [0, 0.1) is 5.92 Å². The summed E-state index contributed by atoms with van der Waals surface area (Å²) in [5.74, 6) is 0.293. The van der Waals surface area contributed by atoms with Gasteiger partial charge in [0.25, 0.3) is 0 Å². The smallest absolute Gasteiger partial charge is 0.178 e. The SMILES string of the molecule is CC(C)CC(O)C(O)O. The van der Waals surface area contributed by atoms with Gasteiger partial charge in [-0.05, 0) is 12.3 Å². The summed E-state index contributed by atoms with van der Waals surface area (Å²) in [4.78, 5) is 0. The lowest BCUT2D eigenvalue weighted by atomic mass is 10.1. The van der Waals surface area contributed by atoms with Crippen LogP contribution < -0.4 is 0 Å². The molecule has 0 fully saturated rings. The Hall–Kier alpha value is -0.120. The van der Waals surface area contributed by atoms with Gasteiger partial charge in [-0.3, -0.25) is 0 Å². The van der Waals surface area contributed by atoms with Crippen LogP contribution >= 0.6 is 0 Å². The maximum absolute atomic E-state index is 8.80. The van der Waals surface area contributed by atoms with Gasteiger partial charge in [0.1, 0.15) is 6.10 Å². The summed E-state index contributed by atoms with van der Waals surface area (Å²) >= 11 is 0. The van der Waals surface area contributed by atoms with Crippen LogP contribution in [-0.4, -0.2) is 27.7 Å². The second-order valence-electron chi connectivity index (χ2n) is 2.61. The van der Waals surface area contributed by atoms with Crippen molar-refractivity contribution in [2.45, 2.75) is 32.7 Å². The van der Waals surface area contributed by atoms with Crippen LogP contribution in [-0.2, 0) is 0 Å². The molecule has 0 heterocycles. The molecule has 3 N–H and O–H groups in total. The van der Waals surface area contributed by atoms with Crippen LogP contribution in [0.2, 0.25) is 0 Å². The van der Waals surface area contributed by atoms with Crippen LogP contribution in [0.5, 0.6) is 0 Å². The molecule has 9 heavy (non-hydrogen) atoms. The highest BCUT2D eigenvalue weighted by atomic mass is 16.5. The van der Waals surface area contributed by atoms with E-state index in [0.717, 1.165) is 0 Å². The molecule has 1 atom stereocenters. The van der Waals surface area contributed by atoms with E-state index in [2.05, 4.69) is 0 Å². The number of aliphatic hydroxyl groups excluding tert-OH is 2. The molecule has 56 valence electrons.